The Kier molecular flexibility index (Phi) is 4.78. The molecule has 1 saturated heterocycles. The van der Waals surface area contributed by atoms with Crippen LogP contribution in [0, 0.1) is 12.7 Å². The molecule has 6 heteroatoms. The van der Waals surface area contributed by atoms with E-state index < -0.39 is 10.0 Å². The maximum atomic E-state index is 13.3. The van der Waals surface area contributed by atoms with Crippen LogP contribution in [0.15, 0.2) is 23.1 Å². The summed E-state index contributed by atoms with van der Waals surface area (Å²) in [7, 11) is -3.50. The van der Waals surface area contributed by atoms with Crippen molar-refractivity contribution in [2.24, 2.45) is 0 Å². The highest BCUT2D eigenvalue weighted by molar-refractivity contribution is 7.89. The minimum absolute atomic E-state index is 0.181. The van der Waals surface area contributed by atoms with Crippen LogP contribution in [0.5, 0.6) is 0 Å². The van der Waals surface area contributed by atoms with Crippen molar-refractivity contribution in [2.45, 2.75) is 25.2 Å². The van der Waals surface area contributed by atoms with Gasteiger partial charge in [0.05, 0.1) is 4.90 Å². The largest absolute Gasteiger partial charge is 0.301 e. The second-order valence-electron chi connectivity index (χ2n) is 5.16. The molecule has 0 saturated carbocycles. The summed E-state index contributed by atoms with van der Waals surface area (Å²) in [6.45, 7) is 7.21. The van der Waals surface area contributed by atoms with Gasteiger partial charge in [0.25, 0.3) is 0 Å². The Balaban J connectivity index is 2.13. The maximum Gasteiger partial charge on any atom is 0.243 e. The number of nitrogens with zero attached hydrogens (tertiary/aromatic N) is 2. The number of hydrogen-bond acceptors (Lipinski definition) is 3. The lowest BCUT2D eigenvalue weighted by molar-refractivity contribution is 0.188. The molecule has 2 rings (SSSR count). The number of rotatable bonds is 4. The van der Waals surface area contributed by atoms with Crippen molar-refractivity contribution in [3.05, 3.63) is 29.6 Å². The monoisotopic (exact) mass is 300 g/mol. The first-order valence-electron chi connectivity index (χ1n) is 6.94. The normalized spacial score (nSPS) is 18.4. The summed E-state index contributed by atoms with van der Waals surface area (Å²) in [6.07, 6.45) is 1.07. The average Bonchev–Trinajstić information content (AvgIpc) is 2.43. The van der Waals surface area contributed by atoms with Crippen molar-refractivity contribution in [2.75, 3.05) is 32.7 Å². The number of halogens is 1. The van der Waals surface area contributed by atoms with Crippen LogP contribution in [-0.4, -0.2) is 50.3 Å². The van der Waals surface area contributed by atoms with Gasteiger partial charge >= 0.3 is 0 Å². The lowest BCUT2D eigenvalue weighted by Crippen LogP contribution is -2.48. The van der Waals surface area contributed by atoms with Crippen LogP contribution in [0.3, 0.4) is 0 Å². The van der Waals surface area contributed by atoms with Gasteiger partial charge in [-0.25, -0.2) is 12.8 Å². The summed E-state index contributed by atoms with van der Waals surface area (Å²) in [6, 6.07) is 3.97. The molecule has 0 N–H and O–H groups in total. The highest BCUT2D eigenvalue weighted by Gasteiger charge is 2.28. The minimum atomic E-state index is -3.50. The first-order valence-corrected chi connectivity index (χ1v) is 8.38. The van der Waals surface area contributed by atoms with E-state index in [9.17, 15) is 12.8 Å². The highest BCUT2D eigenvalue weighted by atomic mass is 32.2. The SMILES string of the molecule is CCCN1CCN(S(=O)(=O)c2ccc(F)c(C)c2)CC1. The lowest BCUT2D eigenvalue weighted by Gasteiger charge is -2.33. The molecule has 1 heterocycles. The van der Waals surface area contributed by atoms with Gasteiger partial charge in [0, 0.05) is 26.2 Å². The fourth-order valence-corrected chi connectivity index (χ4v) is 3.94. The molecule has 0 bridgehead atoms. The summed E-state index contributed by atoms with van der Waals surface area (Å²) in [5.41, 5.74) is 0.357. The average molecular weight is 300 g/mol. The van der Waals surface area contributed by atoms with Crippen molar-refractivity contribution in [1.82, 2.24) is 9.21 Å². The third kappa shape index (κ3) is 3.19. The van der Waals surface area contributed by atoms with Gasteiger partial charge in [-0.1, -0.05) is 6.92 Å². The van der Waals surface area contributed by atoms with Gasteiger partial charge in [-0.15, -0.1) is 0 Å². The molecule has 0 unspecified atom stereocenters. The number of sulfonamides is 1. The molecule has 4 nitrogen and oxygen atoms in total. The van der Waals surface area contributed by atoms with Crippen LogP contribution < -0.4 is 0 Å². The summed E-state index contributed by atoms with van der Waals surface area (Å²) in [5, 5.41) is 0. The third-order valence-corrected chi connectivity index (χ3v) is 5.53. The van der Waals surface area contributed by atoms with Gasteiger partial charge in [-0.2, -0.15) is 4.31 Å². The number of hydrogen-bond donors (Lipinski definition) is 0. The molecule has 1 aromatic rings. The molecule has 1 aliphatic rings. The Morgan fingerprint density at radius 1 is 1.20 bits per heavy atom. The molecule has 0 radical (unpaired) electrons. The maximum absolute atomic E-state index is 13.3. The van der Waals surface area contributed by atoms with Crippen molar-refractivity contribution in [3.63, 3.8) is 0 Å². The van der Waals surface area contributed by atoms with E-state index in [0.29, 0.717) is 18.7 Å². The summed E-state index contributed by atoms with van der Waals surface area (Å²) in [5.74, 6) is -0.378. The Morgan fingerprint density at radius 3 is 2.40 bits per heavy atom. The molecular formula is C14H21FN2O2S. The Labute approximate surface area is 120 Å². The molecule has 0 atom stereocenters. The van der Waals surface area contributed by atoms with Gasteiger partial charge in [0.1, 0.15) is 5.82 Å². The van der Waals surface area contributed by atoms with Crippen LogP contribution in [0.4, 0.5) is 4.39 Å². The smallest absolute Gasteiger partial charge is 0.243 e. The first-order chi connectivity index (χ1) is 9.45. The second kappa shape index (κ2) is 6.20. The van der Waals surface area contributed by atoms with Crippen LogP contribution in [-0.2, 0) is 10.0 Å². The molecule has 20 heavy (non-hydrogen) atoms. The molecule has 0 aromatic heterocycles. The first kappa shape index (κ1) is 15.4. The zero-order valence-electron chi connectivity index (χ0n) is 12.0. The van der Waals surface area contributed by atoms with E-state index in [0.717, 1.165) is 26.1 Å². The van der Waals surface area contributed by atoms with Crippen molar-refractivity contribution in [3.8, 4) is 0 Å². The highest BCUT2D eigenvalue weighted by Crippen LogP contribution is 2.20. The minimum Gasteiger partial charge on any atom is -0.301 e. The van der Waals surface area contributed by atoms with Gasteiger partial charge in [0.15, 0.2) is 0 Å². The van der Waals surface area contributed by atoms with E-state index in [1.807, 2.05) is 0 Å². The quantitative estimate of drug-likeness (QED) is 0.852. The fourth-order valence-electron chi connectivity index (χ4n) is 2.44. The molecular weight excluding hydrogens is 279 g/mol. The summed E-state index contributed by atoms with van der Waals surface area (Å²) < 4.78 is 39.7. The Bertz CT molecular complexity index is 567. The van der Waals surface area contributed by atoms with Gasteiger partial charge in [0.2, 0.25) is 10.0 Å². The second-order valence-corrected chi connectivity index (χ2v) is 7.09. The van der Waals surface area contributed by atoms with E-state index in [1.54, 1.807) is 6.92 Å². The van der Waals surface area contributed by atoms with E-state index in [-0.39, 0.29) is 10.7 Å². The van der Waals surface area contributed by atoms with Crippen molar-refractivity contribution >= 4 is 10.0 Å². The van der Waals surface area contributed by atoms with Crippen LogP contribution >= 0.6 is 0 Å². The van der Waals surface area contributed by atoms with Crippen LogP contribution in [0.2, 0.25) is 0 Å². The molecule has 0 spiro atoms. The standard InChI is InChI=1S/C14H21FN2O2S/c1-3-6-16-7-9-17(10-8-16)20(18,19)13-4-5-14(15)12(2)11-13/h4-5,11H,3,6-10H2,1-2H3. The van der Waals surface area contributed by atoms with Crippen molar-refractivity contribution < 1.29 is 12.8 Å². The topological polar surface area (TPSA) is 40.6 Å². The van der Waals surface area contributed by atoms with E-state index in [4.69, 9.17) is 0 Å². The van der Waals surface area contributed by atoms with Crippen LogP contribution in [0.1, 0.15) is 18.9 Å². The number of benzene rings is 1. The van der Waals surface area contributed by atoms with Crippen LogP contribution in [0.25, 0.3) is 0 Å². The number of aryl methyl sites for hydroxylation is 1. The van der Waals surface area contributed by atoms with Crippen molar-refractivity contribution in [1.29, 1.82) is 0 Å². The Morgan fingerprint density at radius 2 is 1.85 bits per heavy atom. The molecule has 112 valence electrons. The fraction of sp³-hybridized carbons (Fsp3) is 0.571. The zero-order chi connectivity index (χ0) is 14.8. The van der Waals surface area contributed by atoms with E-state index in [2.05, 4.69) is 11.8 Å². The molecule has 1 aromatic carbocycles. The number of piperazine rings is 1. The van der Waals surface area contributed by atoms with Gasteiger partial charge in [-0.3, -0.25) is 0 Å². The Hall–Kier alpha value is -0.980. The summed E-state index contributed by atoms with van der Waals surface area (Å²) in [4.78, 5) is 2.45. The van der Waals surface area contributed by atoms with E-state index >= 15 is 0 Å². The van der Waals surface area contributed by atoms with E-state index in [1.165, 1.54) is 22.5 Å². The molecule has 1 fully saturated rings. The van der Waals surface area contributed by atoms with Gasteiger partial charge in [-0.05, 0) is 43.7 Å². The molecule has 0 amide bonds. The predicted molar refractivity (Wildman–Crippen MR) is 76.6 cm³/mol. The van der Waals surface area contributed by atoms with Gasteiger partial charge < -0.3 is 4.90 Å². The third-order valence-electron chi connectivity index (χ3n) is 3.64. The molecule has 1 aliphatic heterocycles. The summed E-state index contributed by atoms with van der Waals surface area (Å²) >= 11 is 0. The molecule has 0 aliphatic carbocycles. The lowest BCUT2D eigenvalue weighted by atomic mass is 10.2. The predicted octanol–water partition coefficient (Wildman–Crippen LogP) is 1.85. The zero-order valence-corrected chi connectivity index (χ0v) is 12.8.